The summed E-state index contributed by atoms with van der Waals surface area (Å²) in [6.45, 7) is -0.693. The molecule has 0 bridgehead atoms. The van der Waals surface area contributed by atoms with Crippen LogP contribution in [0, 0.1) is 0 Å². The van der Waals surface area contributed by atoms with E-state index in [0.717, 1.165) is 5.56 Å². The maximum Gasteiger partial charge on any atom is 0.353 e. The number of amides is 1. The molecule has 0 unspecified atom stereocenters. The third-order valence-corrected chi connectivity index (χ3v) is 3.93. The molecule has 8 nitrogen and oxygen atoms in total. The van der Waals surface area contributed by atoms with Crippen LogP contribution in [0.2, 0.25) is 0 Å². The first-order chi connectivity index (χ1) is 12.9. The predicted molar refractivity (Wildman–Crippen MR) is 96.1 cm³/mol. The van der Waals surface area contributed by atoms with E-state index in [-0.39, 0.29) is 11.0 Å². The first-order valence-electron chi connectivity index (χ1n) is 7.85. The van der Waals surface area contributed by atoms with Gasteiger partial charge in [0.1, 0.15) is 23.6 Å². The Balaban J connectivity index is 2.08. The zero-order chi connectivity index (χ0) is 19.6. The number of aliphatic carboxylic acids is 1. The SMILES string of the molecule is COc1ccc(-c2ccc3oc(=O)c(C(=O)NCC(=O)O)c(O)c3c2)cc1. The highest BCUT2D eigenvalue weighted by Gasteiger charge is 2.21. The molecule has 138 valence electrons. The molecular formula is C19H15NO7. The standard InChI is InChI=1S/C19H15NO7/c1-26-12-5-2-10(3-6-12)11-4-7-14-13(8-11)17(23)16(19(25)27-14)18(24)20-9-15(21)22/h2-8,23H,9H2,1H3,(H,20,24)(H,21,22). The van der Waals surface area contributed by atoms with E-state index in [1.165, 1.54) is 6.07 Å². The molecule has 1 heterocycles. The van der Waals surface area contributed by atoms with Crippen molar-refractivity contribution in [2.45, 2.75) is 0 Å². The second kappa shape index (κ2) is 7.20. The number of benzene rings is 2. The highest BCUT2D eigenvalue weighted by Crippen LogP contribution is 2.31. The van der Waals surface area contributed by atoms with E-state index in [4.69, 9.17) is 14.3 Å². The number of ether oxygens (including phenoxy) is 1. The highest BCUT2D eigenvalue weighted by atomic mass is 16.5. The number of fused-ring (bicyclic) bond motifs is 1. The lowest BCUT2D eigenvalue weighted by Gasteiger charge is -2.09. The average Bonchev–Trinajstić information content (AvgIpc) is 2.66. The molecule has 0 fully saturated rings. The molecular weight excluding hydrogens is 354 g/mol. The first-order valence-corrected chi connectivity index (χ1v) is 7.85. The summed E-state index contributed by atoms with van der Waals surface area (Å²) < 4.78 is 10.2. The number of nitrogens with one attached hydrogen (secondary N) is 1. The maximum absolute atomic E-state index is 12.1. The van der Waals surface area contributed by atoms with Gasteiger partial charge in [-0.2, -0.15) is 0 Å². The van der Waals surface area contributed by atoms with Crippen molar-refractivity contribution >= 4 is 22.8 Å². The van der Waals surface area contributed by atoms with Crippen LogP contribution in [0.3, 0.4) is 0 Å². The van der Waals surface area contributed by atoms with Gasteiger partial charge in [-0.15, -0.1) is 0 Å². The Hall–Kier alpha value is -3.81. The van der Waals surface area contributed by atoms with E-state index >= 15 is 0 Å². The number of methoxy groups -OCH3 is 1. The molecule has 1 aromatic heterocycles. The second-order valence-corrected chi connectivity index (χ2v) is 5.63. The number of rotatable bonds is 5. The smallest absolute Gasteiger partial charge is 0.353 e. The monoisotopic (exact) mass is 369 g/mol. The van der Waals surface area contributed by atoms with Crippen LogP contribution in [0.1, 0.15) is 10.4 Å². The minimum Gasteiger partial charge on any atom is -0.506 e. The van der Waals surface area contributed by atoms with Crippen LogP contribution in [0.5, 0.6) is 11.5 Å². The van der Waals surface area contributed by atoms with Crippen LogP contribution in [0.15, 0.2) is 51.7 Å². The van der Waals surface area contributed by atoms with Gasteiger partial charge in [0, 0.05) is 0 Å². The molecule has 0 aliphatic heterocycles. The largest absolute Gasteiger partial charge is 0.506 e. The van der Waals surface area contributed by atoms with Crippen LogP contribution < -0.4 is 15.7 Å². The Kier molecular flexibility index (Phi) is 4.80. The van der Waals surface area contributed by atoms with Crippen molar-refractivity contribution < 1.29 is 29.0 Å². The molecule has 8 heteroatoms. The lowest BCUT2D eigenvalue weighted by molar-refractivity contribution is -0.135. The van der Waals surface area contributed by atoms with Crippen LogP contribution in [0.4, 0.5) is 0 Å². The molecule has 0 radical (unpaired) electrons. The molecule has 0 saturated carbocycles. The number of carboxylic acid groups (broad SMARTS) is 1. The number of carbonyl (C=O) groups excluding carboxylic acids is 1. The van der Waals surface area contributed by atoms with Gasteiger partial charge in [0.25, 0.3) is 5.91 Å². The molecule has 0 saturated heterocycles. The van der Waals surface area contributed by atoms with Gasteiger partial charge in [0.2, 0.25) is 0 Å². The molecule has 2 aromatic carbocycles. The van der Waals surface area contributed by atoms with Crippen LogP contribution >= 0.6 is 0 Å². The molecule has 27 heavy (non-hydrogen) atoms. The van der Waals surface area contributed by atoms with Crippen LogP contribution in [-0.2, 0) is 4.79 Å². The highest BCUT2D eigenvalue weighted by molar-refractivity contribution is 6.02. The Morgan fingerprint density at radius 2 is 1.78 bits per heavy atom. The van der Waals surface area contributed by atoms with Crippen molar-refractivity contribution in [2.24, 2.45) is 0 Å². The zero-order valence-electron chi connectivity index (χ0n) is 14.2. The van der Waals surface area contributed by atoms with Gasteiger partial charge >= 0.3 is 11.6 Å². The third-order valence-electron chi connectivity index (χ3n) is 3.93. The Morgan fingerprint density at radius 1 is 1.11 bits per heavy atom. The topological polar surface area (TPSA) is 126 Å². The molecule has 3 N–H and O–H groups in total. The van der Waals surface area contributed by atoms with E-state index < -0.39 is 35.4 Å². The first kappa shape index (κ1) is 18.0. The lowest BCUT2D eigenvalue weighted by atomic mass is 10.0. The van der Waals surface area contributed by atoms with Gasteiger partial charge in [0.05, 0.1) is 12.5 Å². The fraction of sp³-hybridized carbons (Fsp3) is 0.105. The van der Waals surface area contributed by atoms with Crippen molar-refractivity contribution in [3.05, 3.63) is 58.4 Å². The number of hydrogen-bond acceptors (Lipinski definition) is 6. The van der Waals surface area contributed by atoms with Crippen LogP contribution in [0.25, 0.3) is 22.1 Å². The molecule has 1 amide bonds. The van der Waals surface area contributed by atoms with Crippen LogP contribution in [-0.4, -0.2) is 35.7 Å². The Bertz CT molecular complexity index is 1080. The molecule has 0 aliphatic carbocycles. The fourth-order valence-electron chi connectivity index (χ4n) is 2.59. The summed E-state index contributed by atoms with van der Waals surface area (Å²) in [5.74, 6) is -2.19. The Morgan fingerprint density at radius 3 is 2.41 bits per heavy atom. The van der Waals surface area contributed by atoms with E-state index in [2.05, 4.69) is 0 Å². The lowest BCUT2D eigenvalue weighted by Crippen LogP contribution is -2.32. The fourth-order valence-corrected chi connectivity index (χ4v) is 2.59. The molecule has 3 aromatic rings. The van der Waals surface area contributed by atoms with E-state index in [1.807, 2.05) is 17.4 Å². The van der Waals surface area contributed by atoms with E-state index in [1.54, 1.807) is 31.4 Å². The van der Waals surface area contributed by atoms with Gasteiger partial charge in [-0.1, -0.05) is 18.2 Å². The maximum atomic E-state index is 12.1. The molecule has 0 aliphatic rings. The second-order valence-electron chi connectivity index (χ2n) is 5.63. The zero-order valence-corrected chi connectivity index (χ0v) is 14.2. The van der Waals surface area contributed by atoms with Gasteiger partial charge in [0.15, 0.2) is 5.56 Å². The van der Waals surface area contributed by atoms with Gasteiger partial charge in [-0.3, -0.25) is 9.59 Å². The average molecular weight is 369 g/mol. The van der Waals surface area contributed by atoms with Gasteiger partial charge in [-0.05, 0) is 35.4 Å². The van der Waals surface area contributed by atoms with Gasteiger partial charge in [-0.25, -0.2) is 4.79 Å². The van der Waals surface area contributed by atoms with Crippen molar-refractivity contribution in [1.82, 2.24) is 5.32 Å². The van der Waals surface area contributed by atoms with Crippen molar-refractivity contribution in [3.63, 3.8) is 0 Å². The third kappa shape index (κ3) is 3.59. The summed E-state index contributed by atoms with van der Waals surface area (Å²) in [6.07, 6.45) is 0. The quantitative estimate of drug-likeness (QED) is 0.587. The number of hydrogen-bond donors (Lipinski definition) is 3. The normalized spacial score (nSPS) is 10.6. The summed E-state index contributed by atoms with van der Waals surface area (Å²) in [5.41, 5.74) is -0.0633. The minimum atomic E-state index is -1.28. The van der Waals surface area contributed by atoms with Crippen molar-refractivity contribution in [2.75, 3.05) is 13.7 Å². The summed E-state index contributed by atoms with van der Waals surface area (Å²) in [4.78, 5) is 34.6. The molecule has 3 rings (SSSR count). The van der Waals surface area contributed by atoms with Gasteiger partial charge < -0.3 is 24.7 Å². The molecule has 0 spiro atoms. The summed E-state index contributed by atoms with van der Waals surface area (Å²) in [6, 6.07) is 12.0. The predicted octanol–water partition coefficient (Wildman–Crippen LogP) is 1.99. The number of carboxylic acids is 1. The Labute approximate surface area is 152 Å². The van der Waals surface area contributed by atoms with Crippen molar-refractivity contribution in [3.8, 4) is 22.6 Å². The summed E-state index contributed by atoms with van der Waals surface area (Å²) in [7, 11) is 1.56. The number of aromatic hydroxyl groups is 1. The number of carbonyl (C=O) groups is 2. The van der Waals surface area contributed by atoms with Crippen molar-refractivity contribution in [1.29, 1.82) is 0 Å². The van der Waals surface area contributed by atoms with E-state index in [9.17, 15) is 19.5 Å². The minimum absolute atomic E-state index is 0.101. The summed E-state index contributed by atoms with van der Waals surface area (Å²) in [5, 5.41) is 21.3. The van der Waals surface area contributed by atoms with E-state index in [0.29, 0.717) is 11.3 Å². The summed E-state index contributed by atoms with van der Waals surface area (Å²) >= 11 is 0. The molecule has 0 atom stereocenters.